The number of hydrogen-bond acceptors (Lipinski definition) is 6. The number of nitrogens with one attached hydrogen (secondary N) is 1. The summed E-state index contributed by atoms with van der Waals surface area (Å²) in [5.41, 5.74) is 6.08. The molecule has 0 saturated carbocycles. The van der Waals surface area contributed by atoms with Gasteiger partial charge in [-0.15, -0.1) is 0 Å². The van der Waals surface area contributed by atoms with E-state index in [1.165, 1.54) is 0 Å². The van der Waals surface area contributed by atoms with E-state index in [1.807, 2.05) is 23.4 Å². The maximum absolute atomic E-state index is 11.5. The second kappa shape index (κ2) is 7.19. The molecule has 6 heteroatoms. The lowest BCUT2D eigenvalue weighted by atomic mass is 10.1. The zero-order valence-corrected chi connectivity index (χ0v) is 13.0. The highest BCUT2D eigenvalue weighted by atomic mass is 16.5. The number of hydrogen-bond donors (Lipinski definition) is 1. The van der Waals surface area contributed by atoms with Crippen LogP contribution in [-0.2, 0) is 14.3 Å². The van der Waals surface area contributed by atoms with Crippen molar-refractivity contribution < 1.29 is 14.3 Å². The van der Waals surface area contributed by atoms with E-state index in [1.54, 1.807) is 6.92 Å². The number of fused-ring (bicyclic) bond motifs is 1. The molecule has 1 fully saturated rings. The van der Waals surface area contributed by atoms with Crippen molar-refractivity contribution in [3.63, 3.8) is 0 Å². The normalized spacial score (nSPS) is 22.0. The highest BCUT2D eigenvalue weighted by molar-refractivity contribution is 5.95. The average Bonchev–Trinajstić information content (AvgIpc) is 2.96. The van der Waals surface area contributed by atoms with Gasteiger partial charge in [0.1, 0.15) is 0 Å². The fourth-order valence-electron chi connectivity index (χ4n) is 2.77. The van der Waals surface area contributed by atoms with Crippen LogP contribution < -0.4 is 5.43 Å². The van der Waals surface area contributed by atoms with Crippen molar-refractivity contribution >= 4 is 5.78 Å². The van der Waals surface area contributed by atoms with Crippen molar-refractivity contribution in [2.45, 2.75) is 6.92 Å². The zero-order valence-electron chi connectivity index (χ0n) is 13.0. The van der Waals surface area contributed by atoms with Crippen LogP contribution in [0.25, 0.3) is 0 Å². The lowest BCUT2D eigenvalue weighted by molar-refractivity contribution is -0.113. The van der Waals surface area contributed by atoms with E-state index in [-0.39, 0.29) is 5.78 Å². The Kier molecular flexibility index (Phi) is 5.04. The van der Waals surface area contributed by atoms with Crippen LogP contribution in [0.1, 0.15) is 6.92 Å². The van der Waals surface area contributed by atoms with Gasteiger partial charge in [0.15, 0.2) is 5.78 Å². The van der Waals surface area contributed by atoms with Crippen LogP contribution in [0.5, 0.6) is 0 Å². The summed E-state index contributed by atoms with van der Waals surface area (Å²) in [6.07, 6.45) is 6.01. The van der Waals surface area contributed by atoms with E-state index in [0.29, 0.717) is 13.2 Å². The highest BCUT2D eigenvalue weighted by Gasteiger charge is 2.23. The molecule has 0 aromatic rings. The van der Waals surface area contributed by atoms with Gasteiger partial charge >= 0.3 is 0 Å². The number of carbonyl (C=O) groups is 1. The van der Waals surface area contributed by atoms with Crippen molar-refractivity contribution in [2.24, 2.45) is 0 Å². The first kappa shape index (κ1) is 15.4. The number of hydrazine groups is 1. The van der Waals surface area contributed by atoms with Crippen LogP contribution in [0.15, 0.2) is 35.2 Å². The molecule has 0 bridgehead atoms. The number of ketones is 1. The summed E-state index contributed by atoms with van der Waals surface area (Å²) in [7, 11) is 0. The number of Topliss-reactive ketones (excluding diaryl/α,β-unsaturated/α-hetero) is 1. The lowest BCUT2D eigenvalue weighted by Crippen LogP contribution is -2.38. The fourth-order valence-corrected chi connectivity index (χ4v) is 2.77. The Labute approximate surface area is 131 Å². The average molecular weight is 305 g/mol. The van der Waals surface area contributed by atoms with Crippen LogP contribution in [-0.4, -0.2) is 68.3 Å². The number of nitrogens with zero attached hydrogens (tertiary/aromatic N) is 2. The number of morpholine rings is 1. The van der Waals surface area contributed by atoms with Gasteiger partial charge in [0.2, 0.25) is 0 Å². The molecular formula is C16H23N3O3. The predicted octanol–water partition coefficient (Wildman–Crippen LogP) is 0.452. The SMILES string of the molecule is CC(=O)C1=C2C=CC(COCCN3CCOCC3)=CN2NC1. The summed E-state index contributed by atoms with van der Waals surface area (Å²) in [6, 6.07) is 0. The molecule has 1 N–H and O–H groups in total. The maximum atomic E-state index is 11.5. The van der Waals surface area contributed by atoms with Crippen LogP contribution >= 0.6 is 0 Å². The molecule has 22 heavy (non-hydrogen) atoms. The molecule has 3 aliphatic rings. The molecule has 0 unspecified atom stereocenters. The third-order valence-electron chi connectivity index (χ3n) is 4.09. The summed E-state index contributed by atoms with van der Waals surface area (Å²) in [6.45, 7) is 8.08. The van der Waals surface area contributed by atoms with E-state index in [4.69, 9.17) is 9.47 Å². The summed E-state index contributed by atoms with van der Waals surface area (Å²) in [5, 5.41) is 1.91. The summed E-state index contributed by atoms with van der Waals surface area (Å²) >= 11 is 0. The minimum Gasteiger partial charge on any atom is -0.379 e. The molecule has 3 aliphatic heterocycles. The Balaban J connectivity index is 1.44. The van der Waals surface area contributed by atoms with Gasteiger partial charge < -0.3 is 9.47 Å². The van der Waals surface area contributed by atoms with Gasteiger partial charge in [-0.3, -0.25) is 14.7 Å². The van der Waals surface area contributed by atoms with Crippen LogP contribution in [0.2, 0.25) is 0 Å². The lowest BCUT2D eigenvalue weighted by Gasteiger charge is -2.26. The van der Waals surface area contributed by atoms with E-state index < -0.39 is 0 Å². The summed E-state index contributed by atoms with van der Waals surface area (Å²) in [4.78, 5) is 13.9. The van der Waals surface area contributed by atoms with Gasteiger partial charge in [-0.2, -0.15) is 0 Å². The van der Waals surface area contributed by atoms with Gasteiger partial charge in [0.05, 0.1) is 32.1 Å². The zero-order chi connectivity index (χ0) is 15.4. The van der Waals surface area contributed by atoms with Crippen molar-refractivity contribution in [1.82, 2.24) is 15.3 Å². The molecule has 0 aromatic carbocycles. The third kappa shape index (κ3) is 3.64. The predicted molar refractivity (Wildman–Crippen MR) is 82.8 cm³/mol. The second-order valence-electron chi connectivity index (χ2n) is 5.67. The van der Waals surface area contributed by atoms with Crippen LogP contribution in [0, 0.1) is 0 Å². The quantitative estimate of drug-likeness (QED) is 0.719. The van der Waals surface area contributed by atoms with Gasteiger partial charge in [0.25, 0.3) is 0 Å². The Morgan fingerprint density at radius 2 is 2.18 bits per heavy atom. The summed E-state index contributed by atoms with van der Waals surface area (Å²) < 4.78 is 11.1. The molecule has 0 aliphatic carbocycles. The molecule has 3 rings (SSSR count). The Morgan fingerprint density at radius 3 is 2.95 bits per heavy atom. The maximum Gasteiger partial charge on any atom is 0.159 e. The largest absolute Gasteiger partial charge is 0.379 e. The van der Waals surface area contributed by atoms with Crippen molar-refractivity contribution in [2.75, 3.05) is 52.6 Å². The van der Waals surface area contributed by atoms with E-state index in [2.05, 4.69) is 10.3 Å². The Morgan fingerprint density at radius 1 is 1.36 bits per heavy atom. The minimum atomic E-state index is 0.119. The fraction of sp³-hybridized carbons (Fsp3) is 0.562. The van der Waals surface area contributed by atoms with Gasteiger partial charge in [-0.25, -0.2) is 5.43 Å². The first-order valence-electron chi connectivity index (χ1n) is 7.77. The molecule has 0 radical (unpaired) electrons. The van der Waals surface area contributed by atoms with E-state index >= 15 is 0 Å². The number of ether oxygens (including phenoxy) is 2. The first-order chi connectivity index (χ1) is 10.7. The number of rotatable bonds is 6. The van der Waals surface area contributed by atoms with Crippen molar-refractivity contribution in [1.29, 1.82) is 0 Å². The topological polar surface area (TPSA) is 54.0 Å². The molecular weight excluding hydrogens is 282 g/mol. The molecule has 0 spiro atoms. The molecule has 0 atom stereocenters. The van der Waals surface area contributed by atoms with Crippen LogP contribution in [0.3, 0.4) is 0 Å². The Bertz CT molecular complexity index is 519. The molecule has 120 valence electrons. The molecule has 6 nitrogen and oxygen atoms in total. The van der Waals surface area contributed by atoms with Gasteiger partial charge in [-0.05, 0) is 18.6 Å². The molecule has 0 amide bonds. The standard InChI is InChI=1S/C16H23N3O3/c1-13(20)15-10-17-19-11-14(2-3-16(15)19)12-22-9-6-18-4-7-21-8-5-18/h2-3,11,17H,4-10,12H2,1H3. The summed E-state index contributed by atoms with van der Waals surface area (Å²) in [5.74, 6) is 0.119. The monoisotopic (exact) mass is 305 g/mol. The molecule has 1 saturated heterocycles. The second-order valence-corrected chi connectivity index (χ2v) is 5.67. The molecule has 0 aromatic heterocycles. The highest BCUT2D eigenvalue weighted by Crippen LogP contribution is 2.23. The smallest absolute Gasteiger partial charge is 0.159 e. The van der Waals surface area contributed by atoms with E-state index in [9.17, 15) is 4.79 Å². The number of carbonyl (C=O) groups excluding carboxylic acids is 1. The Hall–Kier alpha value is -1.47. The van der Waals surface area contributed by atoms with Crippen molar-refractivity contribution in [3.05, 3.63) is 35.2 Å². The molecule has 3 heterocycles. The number of allylic oxidation sites excluding steroid dienone is 1. The van der Waals surface area contributed by atoms with Crippen LogP contribution in [0.4, 0.5) is 0 Å². The first-order valence-corrected chi connectivity index (χ1v) is 7.77. The van der Waals surface area contributed by atoms with E-state index in [0.717, 1.165) is 56.3 Å². The third-order valence-corrected chi connectivity index (χ3v) is 4.09. The van der Waals surface area contributed by atoms with Gasteiger partial charge in [-0.1, -0.05) is 6.08 Å². The van der Waals surface area contributed by atoms with Gasteiger partial charge in [0, 0.05) is 38.0 Å². The minimum absolute atomic E-state index is 0.119. The van der Waals surface area contributed by atoms with Crippen molar-refractivity contribution in [3.8, 4) is 0 Å².